The molecule has 2 atom stereocenters. The van der Waals surface area contributed by atoms with Gasteiger partial charge >= 0.3 is 0 Å². The molecule has 2 heterocycles. The number of benzene rings is 1. The first-order valence-corrected chi connectivity index (χ1v) is 8.95. The summed E-state index contributed by atoms with van der Waals surface area (Å²) in [5.41, 5.74) is 8.47. The molecule has 0 saturated carbocycles. The minimum atomic E-state index is 0. The number of rotatable bonds is 5. The molecule has 1 fully saturated rings. The molecule has 0 unspecified atom stereocenters. The van der Waals surface area contributed by atoms with Crippen LogP contribution in [0.4, 0.5) is 0 Å². The molecule has 1 aromatic carbocycles. The van der Waals surface area contributed by atoms with Crippen molar-refractivity contribution in [2.24, 2.45) is 5.73 Å². The molecule has 0 spiro atoms. The summed E-state index contributed by atoms with van der Waals surface area (Å²) in [6, 6.07) is 16.1. The second-order valence-electron chi connectivity index (χ2n) is 5.79. The summed E-state index contributed by atoms with van der Waals surface area (Å²) in [6.07, 6.45) is 1.78. The van der Waals surface area contributed by atoms with E-state index < -0.39 is 0 Å². The number of carbonyl (C=O) groups is 1. The molecule has 1 aliphatic rings. The Balaban J connectivity index is 0.00000156. The molecular weight excluding hydrogens is 377 g/mol. The van der Waals surface area contributed by atoms with Crippen molar-refractivity contribution in [2.45, 2.75) is 17.7 Å². The minimum absolute atomic E-state index is 0. The lowest BCUT2D eigenvalue weighted by Crippen LogP contribution is -2.33. The molecule has 136 valence electrons. The summed E-state index contributed by atoms with van der Waals surface area (Å²) in [4.78, 5) is 18.6. The van der Waals surface area contributed by atoms with Crippen molar-refractivity contribution in [3.05, 3.63) is 66.0 Å². The molecule has 1 aliphatic heterocycles. The highest BCUT2D eigenvalue weighted by Crippen LogP contribution is 2.26. The molecule has 2 aromatic rings. The first kappa shape index (κ1) is 21.8. The van der Waals surface area contributed by atoms with Gasteiger partial charge in [-0.15, -0.1) is 36.6 Å². The SMILES string of the molecule is Cl.Cl.N[C@@H]1CN(C(=O)CSCc2ccccn2)C[C@H]1c1ccccc1. The van der Waals surface area contributed by atoms with Crippen molar-refractivity contribution >= 4 is 42.5 Å². The molecule has 25 heavy (non-hydrogen) atoms. The van der Waals surface area contributed by atoms with Crippen LogP contribution in [0.15, 0.2) is 54.7 Å². The number of hydrogen-bond donors (Lipinski definition) is 1. The van der Waals surface area contributed by atoms with Crippen LogP contribution in [0.1, 0.15) is 17.2 Å². The predicted molar refractivity (Wildman–Crippen MR) is 109 cm³/mol. The van der Waals surface area contributed by atoms with Crippen molar-refractivity contribution in [2.75, 3.05) is 18.8 Å². The first-order chi connectivity index (χ1) is 11.2. The quantitative estimate of drug-likeness (QED) is 0.838. The third kappa shape index (κ3) is 5.89. The number of nitrogens with two attached hydrogens (primary N) is 1. The van der Waals surface area contributed by atoms with E-state index in [9.17, 15) is 4.79 Å². The van der Waals surface area contributed by atoms with Crippen LogP contribution in [0.3, 0.4) is 0 Å². The lowest BCUT2D eigenvalue weighted by molar-refractivity contribution is -0.127. The molecule has 1 saturated heterocycles. The van der Waals surface area contributed by atoms with Crippen LogP contribution in [0.2, 0.25) is 0 Å². The lowest BCUT2D eigenvalue weighted by atomic mass is 9.95. The van der Waals surface area contributed by atoms with Gasteiger partial charge in [0.25, 0.3) is 0 Å². The summed E-state index contributed by atoms with van der Waals surface area (Å²) in [6.45, 7) is 1.36. The second kappa shape index (κ2) is 10.7. The Morgan fingerprint density at radius 1 is 1.12 bits per heavy atom. The molecule has 0 bridgehead atoms. The summed E-state index contributed by atoms with van der Waals surface area (Å²) >= 11 is 1.61. The number of thioether (sulfide) groups is 1. The van der Waals surface area contributed by atoms with Gasteiger partial charge in [0.1, 0.15) is 0 Å². The Bertz CT molecular complexity index is 645. The third-order valence-electron chi connectivity index (χ3n) is 4.15. The van der Waals surface area contributed by atoms with Gasteiger partial charge in [-0.2, -0.15) is 0 Å². The Morgan fingerprint density at radius 3 is 2.52 bits per heavy atom. The van der Waals surface area contributed by atoms with E-state index in [1.807, 2.05) is 41.3 Å². The van der Waals surface area contributed by atoms with Crippen LogP contribution in [0.5, 0.6) is 0 Å². The Labute approximate surface area is 165 Å². The van der Waals surface area contributed by atoms with E-state index in [-0.39, 0.29) is 42.7 Å². The number of amides is 1. The fraction of sp³-hybridized carbons (Fsp3) is 0.333. The summed E-state index contributed by atoms with van der Waals surface area (Å²) in [5.74, 6) is 1.64. The molecule has 2 N–H and O–H groups in total. The molecular formula is C18H23Cl2N3OS. The van der Waals surface area contributed by atoms with E-state index in [1.165, 1.54) is 5.56 Å². The number of aromatic nitrogens is 1. The molecule has 1 aromatic heterocycles. The van der Waals surface area contributed by atoms with Crippen LogP contribution in [-0.4, -0.2) is 40.7 Å². The fourth-order valence-electron chi connectivity index (χ4n) is 2.90. The maximum Gasteiger partial charge on any atom is 0.232 e. The first-order valence-electron chi connectivity index (χ1n) is 7.80. The van der Waals surface area contributed by atoms with E-state index >= 15 is 0 Å². The van der Waals surface area contributed by atoms with Gasteiger partial charge in [-0.1, -0.05) is 36.4 Å². The van der Waals surface area contributed by atoms with Gasteiger partial charge in [0, 0.05) is 37.0 Å². The molecule has 7 heteroatoms. The van der Waals surface area contributed by atoms with Crippen LogP contribution < -0.4 is 5.73 Å². The number of nitrogens with zero attached hydrogens (tertiary/aromatic N) is 2. The number of likely N-dealkylation sites (tertiary alicyclic amines) is 1. The monoisotopic (exact) mass is 399 g/mol. The molecule has 3 rings (SSSR count). The number of hydrogen-bond acceptors (Lipinski definition) is 4. The highest BCUT2D eigenvalue weighted by molar-refractivity contribution is 7.99. The molecule has 1 amide bonds. The molecule has 0 radical (unpaired) electrons. The maximum atomic E-state index is 12.4. The van der Waals surface area contributed by atoms with Gasteiger partial charge in [0.05, 0.1) is 11.4 Å². The molecule has 4 nitrogen and oxygen atoms in total. The average Bonchev–Trinajstić information content (AvgIpc) is 2.98. The van der Waals surface area contributed by atoms with Gasteiger partial charge in [0.2, 0.25) is 5.91 Å². The highest BCUT2D eigenvalue weighted by Gasteiger charge is 2.33. The summed E-state index contributed by atoms with van der Waals surface area (Å²) in [7, 11) is 0. The Morgan fingerprint density at radius 2 is 1.84 bits per heavy atom. The average molecular weight is 400 g/mol. The zero-order valence-corrected chi connectivity index (χ0v) is 16.2. The number of pyridine rings is 1. The van der Waals surface area contributed by atoms with Crippen LogP contribution in [0, 0.1) is 0 Å². The van der Waals surface area contributed by atoms with Gasteiger partial charge in [-0.3, -0.25) is 9.78 Å². The minimum Gasteiger partial charge on any atom is -0.340 e. The van der Waals surface area contributed by atoms with E-state index in [1.54, 1.807) is 18.0 Å². The van der Waals surface area contributed by atoms with E-state index in [2.05, 4.69) is 17.1 Å². The second-order valence-corrected chi connectivity index (χ2v) is 6.78. The number of carbonyl (C=O) groups excluding carboxylic acids is 1. The predicted octanol–water partition coefficient (Wildman–Crippen LogP) is 3.11. The number of halogens is 2. The third-order valence-corrected chi connectivity index (χ3v) is 5.10. The summed E-state index contributed by atoms with van der Waals surface area (Å²) in [5, 5.41) is 0. The van der Waals surface area contributed by atoms with E-state index in [0.29, 0.717) is 18.8 Å². The van der Waals surface area contributed by atoms with Crippen LogP contribution in [-0.2, 0) is 10.5 Å². The van der Waals surface area contributed by atoms with Crippen molar-refractivity contribution in [1.82, 2.24) is 9.88 Å². The maximum absolute atomic E-state index is 12.4. The zero-order chi connectivity index (χ0) is 16.1. The van der Waals surface area contributed by atoms with Crippen molar-refractivity contribution in [3.63, 3.8) is 0 Å². The zero-order valence-electron chi connectivity index (χ0n) is 13.8. The van der Waals surface area contributed by atoms with Crippen LogP contribution in [0.25, 0.3) is 0 Å². The molecule has 0 aliphatic carbocycles. The van der Waals surface area contributed by atoms with Gasteiger partial charge < -0.3 is 10.6 Å². The van der Waals surface area contributed by atoms with Crippen molar-refractivity contribution < 1.29 is 4.79 Å². The normalized spacial score (nSPS) is 19.0. The van der Waals surface area contributed by atoms with Crippen LogP contribution >= 0.6 is 36.6 Å². The topological polar surface area (TPSA) is 59.2 Å². The highest BCUT2D eigenvalue weighted by atomic mass is 35.5. The summed E-state index contributed by atoms with van der Waals surface area (Å²) < 4.78 is 0. The van der Waals surface area contributed by atoms with E-state index in [4.69, 9.17) is 5.73 Å². The van der Waals surface area contributed by atoms with Crippen molar-refractivity contribution in [1.29, 1.82) is 0 Å². The van der Waals surface area contributed by atoms with Gasteiger partial charge in [-0.25, -0.2) is 0 Å². The standard InChI is InChI=1S/C18H21N3OS.2ClH/c19-17-11-21(10-16(17)14-6-2-1-3-7-14)18(22)13-23-12-15-8-4-5-9-20-15;;/h1-9,16-17H,10-13,19H2;2*1H/t16-,17+;;/m0../s1. The van der Waals surface area contributed by atoms with Crippen molar-refractivity contribution in [3.8, 4) is 0 Å². The van der Waals surface area contributed by atoms with Gasteiger partial charge in [0.15, 0.2) is 0 Å². The smallest absolute Gasteiger partial charge is 0.232 e. The fourth-order valence-corrected chi connectivity index (χ4v) is 3.74. The van der Waals surface area contributed by atoms with Gasteiger partial charge in [-0.05, 0) is 17.7 Å². The Hall–Kier alpha value is -1.27. The lowest BCUT2D eigenvalue weighted by Gasteiger charge is -2.16. The largest absolute Gasteiger partial charge is 0.340 e. The Kier molecular flexibility index (Phi) is 9.28. The van der Waals surface area contributed by atoms with E-state index in [0.717, 1.165) is 11.4 Å².